The molecule has 1 aliphatic heterocycles. The first-order valence-electron chi connectivity index (χ1n) is 8.84. The average Bonchev–Trinajstić information content (AvgIpc) is 2.97. The molecule has 6 atom stereocenters. The Hall–Kier alpha value is -2.17. The predicted molar refractivity (Wildman–Crippen MR) is 96.9 cm³/mol. The SMILES string of the molecule is COc1cc(O)c2c(c1)[C@@H]([C@H](O)C[C@H](O)[C@H](O)[C@H](O)/C=C/C[C@H](C)O)OC2=O. The van der Waals surface area contributed by atoms with Crippen LogP contribution in [0.15, 0.2) is 24.3 Å². The molecule has 1 aromatic carbocycles. The average molecular weight is 398 g/mol. The molecule has 1 aromatic rings. The van der Waals surface area contributed by atoms with Crippen molar-refractivity contribution in [2.75, 3.05) is 7.11 Å². The van der Waals surface area contributed by atoms with E-state index in [1.807, 2.05) is 0 Å². The van der Waals surface area contributed by atoms with Gasteiger partial charge in [-0.1, -0.05) is 12.2 Å². The highest BCUT2D eigenvalue weighted by atomic mass is 16.6. The third-order valence-electron chi connectivity index (χ3n) is 4.49. The number of aromatic hydroxyl groups is 1. The first-order chi connectivity index (χ1) is 13.1. The zero-order valence-electron chi connectivity index (χ0n) is 15.6. The van der Waals surface area contributed by atoms with Gasteiger partial charge in [-0.05, 0) is 19.4 Å². The summed E-state index contributed by atoms with van der Waals surface area (Å²) in [5.74, 6) is -0.922. The lowest BCUT2D eigenvalue weighted by Gasteiger charge is -2.25. The first kappa shape index (κ1) is 22.1. The van der Waals surface area contributed by atoms with Crippen LogP contribution in [0.4, 0.5) is 0 Å². The maximum absolute atomic E-state index is 12.0. The molecule has 1 aliphatic rings. The van der Waals surface area contributed by atoms with E-state index in [1.165, 1.54) is 31.4 Å². The van der Waals surface area contributed by atoms with E-state index in [9.17, 15) is 30.3 Å². The number of methoxy groups -OCH3 is 1. The molecule has 28 heavy (non-hydrogen) atoms. The summed E-state index contributed by atoms with van der Waals surface area (Å²) in [6.07, 6.45) is -5.17. The smallest absolute Gasteiger partial charge is 0.343 e. The molecule has 0 amide bonds. The van der Waals surface area contributed by atoms with Gasteiger partial charge in [0.2, 0.25) is 0 Å². The summed E-state index contributed by atoms with van der Waals surface area (Å²) < 4.78 is 10.1. The molecule has 9 nitrogen and oxygen atoms in total. The van der Waals surface area contributed by atoms with Crippen molar-refractivity contribution in [3.05, 3.63) is 35.4 Å². The van der Waals surface area contributed by atoms with Crippen LogP contribution in [0.3, 0.4) is 0 Å². The van der Waals surface area contributed by atoms with Crippen molar-refractivity contribution in [2.45, 2.75) is 56.4 Å². The van der Waals surface area contributed by atoms with Crippen LogP contribution in [-0.4, -0.2) is 74.2 Å². The Kier molecular flexibility index (Phi) is 7.39. The van der Waals surface area contributed by atoms with E-state index in [0.29, 0.717) is 0 Å². The number of rotatable bonds is 9. The summed E-state index contributed by atoms with van der Waals surface area (Å²) in [5, 5.41) is 59.6. The van der Waals surface area contributed by atoms with Crippen molar-refractivity contribution in [2.24, 2.45) is 0 Å². The zero-order valence-corrected chi connectivity index (χ0v) is 15.6. The monoisotopic (exact) mass is 398 g/mol. The van der Waals surface area contributed by atoms with Crippen LogP contribution in [-0.2, 0) is 4.74 Å². The minimum absolute atomic E-state index is 0.0963. The number of carbonyl (C=O) groups is 1. The zero-order chi connectivity index (χ0) is 21.0. The number of phenolic OH excluding ortho intramolecular Hbond substituents is 1. The van der Waals surface area contributed by atoms with E-state index < -0.39 is 49.0 Å². The van der Waals surface area contributed by atoms with E-state index in [2.05, 4.69) is 0 Å². The number of aliphatic hydroxyl groups excluding tert-OH is 5. The molecular weight excluding hydrogens is 372 g/mol. The molecule has 0 saturated carbocycles. The number of aliphatic hydroxyl groups is 5. The summed E-state index contributed by atoms with van der Waals surface area (Å²) in [6.45, 7) is 1.56. The minimum Gasteiger partial charge on any atom is -0.507 e. The van der Waals surface area contributed by atoms with E-state index in [1.54, 1.807) is 6.92 Å². The van der Waals surface area contributed by atoms with Crippen LogP contribution in [0, 0.1) is 0 Å². The quantitative estimate of drug-likeness (QED) is 0.244. The van der Waals surface area contributed by atoms with Crippen molar-refractivity contribution in [1.82, 2.24) is 0 Å². The van der Waals surface area contributed by atoms with Gasteiger partial charge >= 0.3 is 5.97 Å². The van der Waals surface area contributed by atoms with Crippen molar-refractivity contribution in [3.63, 3.8) is 0 Å². The van der Waals surface area contributed by atoms with Gasteiger partial charge in [0.25, 0.3) is 0 Å². The highest BCUT2D eigenvalue weighted by Crippen LogP contribution is 2.41. The summed E-state index contributed by atoms with van der Waals surface area (Å²) in [7, 11) is 1.37. The van der Waals surface area contributed by atoms with Crippen molar-refractivity contribution < 1.29 is 44.9 Å². The molecule has 0 radical (unpaired) electrons. The molecule has 0 saturated heterocycles. The van der Waals surface area contributed by atoms with Gasteiger partial charge in [-0.25, -0.2) is 4.79 Å². The first-order valence-corrected chi connectivity index (χ1v) is 8.84. The fraction of sp³-hybridized carbons (Fsp3) is 0.526. The van der Waals surface area contributed by atoms with Crippen LogP contribution in [0.5, 0.6) is 11.5 Å². The van der Waals surface area contributed by atoms with E-state index >= 15 is 0 Å². The van der Waals surface area contributed by atoms with Gasteiger partial charge in [0.15, 0.2) is 6.10 Å². The van der Waals surface area contributed by atoms with E-state index in [0.717, 1.165) is 0 Å². The lowest BCUT2D eigenvalue weighted by Crippen LogP contribution is -2.39. The molecule has 9 heteroatoms. The molecule has 156 valence electrons. The minimum atomic E-state index is -1.60. The Morgan fingerprint density at radius 3 is 2.50 bits per heavy atom. The van der Waals surface area contributed by atoms with Crippen LogP contribution in [0.25, 0.3) is 0 Å². The second-order valence-corrected chi connectivity index (χ2v) is 6.80. The summed E-state index contributed by atoms with van der Waals surface area (Å²) in [4.78, 5) is 12.0. The third kappa shape index (κ3) is 5.00. The number of ether oxygens (including phenoxy) is 2. The van der Waals surface area contributed by atoms with E-state index in [4.69, 9.17) is 14.6 Å². The van der Waals surface area contributed by atoms with Gasteiger partial charge in [-0.2, -0.15) is 0 Å². The fourth-order valence-corrected chi connectivity index (χ4v) is 2.98. The molecule has 0 spiro atoms. The van der Waals surface area contributed by atoms with Crippen molar-refractivity contribution >= 4 is 5.97 Å². The fourth-order valence-electron chi connectivity index (χ4n) is 2.98. The summed E-state index contributed by atoms with van der Waals surface area (Å²) in [6, 6.07) is 2.67. The molecular formula is C19H26O9. The lowest BCUT2D eigenvalue weighted by atomic mass is 9.94. The molecule has 0 aromatic heterocycles. The Morgan fingerprint density at radius 1 is 1.21 bits per heavy atom. The predicted octanol–water partition coefficient (Wildman–Crippen LogP) is -0.227. The van der Waals surface area contributed by atoms with Gasteiger partial charge < -0.3 is 40.1 Å². The Morgan fingerprint density at radius 2 is 1.89 bits per heavy atom. The van der Waals surface area contributed by atoms with Gasteiger partial charge in [-0.15, -0.1) is 0 Å². The third-order valence-corrected chi connectivity index (χ3v) is 4.49. The van der Waals surface area contributed by atoms with Crippen molar-refractivity contribution in [3.8, 4) is 11.5 Å². The van der Waals surface area contributed by atoms with Crippen LogP contribution < -0.4 is 4.74 Å². The molecule has 2 rings (SSSR count). The van der Waals surface area contributed by atoms with Gasteiger partial charge in [0.1, 0.15) is 29.3 Å². The highest BCUT2D eigenvalue weighted by Gasteiger charge is 2.40. The number of benzene rings is 1. The Balaban J connectivity index is 2.07. The highest BCUT2D eigenvalue weighted by molar-refractivity contribution is 5.97. The number of cyclic esters (lactones) is 1. The number of phenols is 1. The van der Waals surface area contributed by atoms with Crippen LogP contribution >= 0.6 is 0 Å². The van der Waals surface area contributed by atoms with Gasteiger partial charge in [-0.3, -0.25) is 0 Å². The molecule has 0 unspecified atom stereocenters. The standard InChI is InChI=1S/C19H26O9/c1-9(20)4-3-5-12(21)17(25)14(23)8-15(24)18-11-6-10(27-2)7-13(22)16(11)19(26)28-18/h3,5-7,9,12,14-15,17-18,20-25H,4,8H2,1-2H3/b5-3+/t9-,12+,14-,15+,17+,18-/m0/s1. The number of esters is 1. The molecule has 6 N–H and O–H groups in total. The van der Waals surface area contributed by atoms with Crippen molar-refractivity contribution in [1.29, 1.82) is 0 Å². The normalized spacial score (nSPS) is 21.7. The lowest BCUT2D eigenvalue weighted by molar-refractivity contribution is -0.0778. The largest absolute Gasteiger partial charge is 0.507 e. The molecule has 0 fully saturated rings. The summed E-state index contributed by atoms with van der Waals surface area (Å²) >= 11 is 0. The Labute approximate surface area is 162 Å². The topological polar surface area (TPSA) is 157 Å². The van der Waals surface area contributed by atoms with Crippen LogP contribution in [0.1, 0.15) is 41.8 Å². The van der Waals surface area contributed by atoms with E-state index in [-0.39, 0.29) is 29.0 Å². The number of fused-ring (bicyclic) bond motifs is 1. The second-order valence-electron chi connectivity index (χ2n) is 6.80. The van der Waals surface area contributed by atoms with Gasteiger partial charge in [0.05, 0.1) is 25.4 Å². The molecule has 0 aliphatic carbocycles. The maximum atomic E-state index is 12.0. The number of hydrogen-bond acceptors (Lipinski definition) is 9. The maximum Gasteiger partial charge on any atom is 0.343 e. The number of carbonyl (C=O) groups excluding carboxylic acids is 1. The molecule has 0 bridgehead atoms. The second kappa shape index (κ2) is 9.35. The van der Waals surface area contributed by atoms with Crippen LogP contribution in [0.2, 0.25) is 0 Å². The summed E-state index contributed by atoms with van der Waals surface area (Å²) in [5.41, 5.74) is 0.106. The Bertz CT molecular complexity index is 716. The van der Waals surface area contributed by atoms with Gasteiger partial charge in [0, 0.05) is 18.1 Å². The number of hydrogen-bond donors (Lipinski definition) is 6. The molecule has 1 heterocycles.